The Balaban J connectivity index is 0.000000207. The lowest BCUT2D eigenvalue weighted by Gasteiger charge is -2.28. The number of esters is 1. The molecule has 20 heteroatoms. The van der Waals surface area contributed by atoms with Crippen molar-refractivity contribution in [3.8, 4) is 11.6 Å². The molecular formula is C70H83N13O7. The Kier molecular flexibility index (Phi) is 24.2. The van der Waals surface area contributed by atoms with Crippen molar-refractivity contribution in [3.63, 3.8) is 0 Å². The lowest BCUT2D eigenvalue weighted by Crippen LogP contribution is -2.43. The van der Waals surface area contributed by atoms with Gasteiger partial charge in [0.1, 0.15) is 24.2 Å². The molecule has 0 radical (unpaired) electrons. The number of aromatic nitrogens is 10. The number of ketones is 1. The number of urea groups is 1. The van der Waals surface area contributed by atoms with E-state index in [9.17, 15) is 24.0 Å². The summed E-state index contributed by atoms with van der Waals surface area (Å²) < 4.78 is 16.9. The number of hydrogen-bond acceptors (Lipinski definition) is 14. The Morgan fingerprint density at radius 2 is 1.21 bits per heavy atom. The highest BCUT2D eigenvalue weighted by Crippen LogP contribution is 2.27. The average molecular weight is 1220 g/mol. The molecule has 0 saturated heterocycles. The van der Waals surface area contributed by atoms with E-state index >= 15 is 0 Å². The molecule has 0 bridgehead atoms. The fourth-order valence-electron chi connectivity index (χ4n) is 8.68. The third-order valence-corrected chi connectivity index (χ3v) is 13.8. The minimum atomic E-state index is -0.590. The quantitative estimate of drug-likeness (QED) is 0.0490. The summed E-state index contributed by atoms with van der Waals surface area (Å²) in [7, 11) is 0. The summed E-state index contributed by atoms with van der Waals surface area (Å²) in [5.74, 6) is 0.384. The maximum Gasteiger partial charge on any atom is 0.348 e. The summed E-state index contributed by atoms with van der Waals surface area (Å²) in [5.41, 5.74) is 9.36. The summed E-state index contributed by atoms with van der Waals surface area (Å²) in [5, 5.41) is 5.47. The van der Waals surface area contributed by atoms with E-state index in [0.717, 1.165) is 39.2 Å². The van der Waals surface area contributed by atoms with Crippen LogP contribution >= 0.6 is 0 Å². The van der Waals surface area contributed by atoms with Crippen molar-refractivity contribution in [2.24, 2.45) is 5.41 Å². The van der Waals surface area contributed by atoms with Crippen LogP contribution in [0.4, 0.5) is 10.7 Å². The second-order valence-electron chi connectivity index (χ2n) is 23.3. The molecule has 6 heterocycles. The van der Waals surface area contributed by atoms with E-state index in [0.29, 0.717) is 45.8 Å². The first kappa shape index (κ1) is 68.9. The van der Waals surface area contributed by atoms with E-state index in [1.165, 1.54) is 6.33 Å². The molecule has 90 heavy (non-hydrogen) atoms. The van der Waals surface area contributed by atoms with Gasteiger partial charge in [-0.15, -0.1) is 0 Å². The number of rotatable bonds is 17. The number of allylic oxidation sites excluding steroid dienone is 2. The number of nitrogens with one attached hydrogen (secondary N) is 2. The molecule has 20 nitrogen and oxygen atoms in total. The van der Waals surface area contributed by atoms with Crippen molar-refractivity contribution in [1.29, 1.82) is 0 Å². The Hall–Kier alpha value is -10.2. The van der Waals surface area contributed by atoms with Gasteiger partial charge in [0.25, 0.3) is 0 Å². The number of amides is 3. The van der Waals surface area contributed by atoms with Gasteiger partial charge >= 0.3 is 17.7 Å². The van der Waals surface area contributed by atoms with Crippen LogP contribution in [0.1, 0.15) is 147 Å². The van der Waals surface area contributed by atoms with Crippen LogP contribution in [0.3, 0.4) is 0 Å². The molecule has 5 aromatic heterocycles. The van der Waals surface area contributed by atoms with Crippen LogP contribution in [0.15, 0.2) is 182 Å². The normalized spacial score (nSPS) is 12.0. The Labute approximate surface area is 526 Å². The van der Waals surface area contributed by atoms with E-state index in [1.807, 2.05) is 173 Å². The molecule has 1 aliphatic heterocycles. The second-order valence-corrected chi connectivity index (χ2v) is 23.3. The zero-order chi connectivity index (χ0) is 64.5. The summed E-state index contributed by atoms with van der Waals surface area (Å²) >= 11 is 0. The fraction of sp³-hybridized carbons (Fsp3) is 0.314. The zero-order valence-corrected chi connectivity index (χ0v) is 52.8. The molecule has 2 N–H and O–H groups in total. The molecule has 0 saturated carbocycles. The van der Waals surface area contributed by atoms with Gasteiger partial charge in [0.15, 0.2) is 22.6 Å². The Bertz CT molecular complexity index is 4010. The van der Waals surface area contributed by atoms with Gasteiger partial charge in [-0.1, -0.05) is 124 Å². The number of Topliss-reactive ketones (excluding diaryl/α,β-unsaturated/α-hetero) is 1. The molecule has 4 aromatic carbocycles. The first-order valence-corrected chi connectivity index (χ1v) is 29.4. The van der Waals surface area contributed by atoms with E-state index in [1.54, 1.807) is 61.2 Å². The van der Waals surface area contributed by atoms with Crippen molar-refractivity contribution < 1.29 is 28.7 Å². The Morgan fingerprint density at radius 3 is 1.79 bits per heavy atom. The van der Waals surface area contributed by atoms with Gasteiger partial charge in [-0.25, -0.2) is 29.5 Å². The molecule has 470 valence electrons. The minimum Gasteiger partial charge on any atom is -0.471 e. The standard InChI is InChI=1S/C28H31N5O4.C16H16N4O.C16H18N2O.C9H14N2O.CH4/c1-18(2)33-17-29-23-24(33)31-27(30-22(34)15-19-9-7-6-8-10-19)32-25(23)36-16-20-11-13-21(14-12-20)37-26(35)28(3,4)5;1-11(2)20-10-19-15-13(17-9-18-16(15)20)8-14(21)12-6-4-3-5-7-12;1-12(2)18-10-9-15(17-16(18)19)11-13(3)14-7-5-4-6-8-14;1-6(2)11-5-7(3)8(4)10-9(11)12;/h6-14,17-18H,15-16H2,1-5H3,(H,30,31,32,34);3-7,9-11H,8H2,1-2H3;4-10,12H,3,11H2,1-2H3;5-6H,4H2,1-3H3,(H,10,12);1H4. The monoisotopic (exact) mass is 1220 g/mol. The van der Waals surface area contributed by atoms with E-state index in [-0.39, 0.29) is 92.3 Å². The molecule has 0 fully saturated rings. The lowest BCUT2D eigenvalue weighted by molar-refractivity contribution is -0.143. The molecule has 3 amide bonds. The van der Waals surface area contributed by atoms with Gasteiger partial charge in [0.05, 0.1) is 42.3 Å². The van der Waals surface area contributed by atoms with Crippen LogP contribution in [-0.4, -0.2) is 83.2 Å². The van der Waals surface area contributed by atoms with Crippen LogP contribution in [0.5, 0.6) is 11.6 Å². The number of carbonyl (C=O) groups is 4. The van der Waals surface area contributed by atoms with E-state index < -0.39 is 5.41 Å². The van der Waals surface area contributed by atoms with Gasteiger partial charge < -0.3 is 23.9 Å². The highest BCUT2D eigenvalue weighted by atomic mass is 16.5. The molecule has 0 unspecified atom stereocenters. The summed E-state index contributed by atoms with van der Waals surface area (Å²) in [4.78, 5) is 92.3. The number of carbonyl (C=O) groups excluding carboxylic acids is 4. The highest BCUT2D eigenvalue weighted by molar-refractivity contribution is 5.98. The molecule has 9 aromatic rings. The maximum absolute atomic E-state index is 12.6. The fourth-order valence-corrected chi connectivity index (χ4v) is 8.68. The largest absolute Gasteiger partial charge is 0.471 e. The van der Waals surface area contributed by atoms with Crippen molar-refractivity contribution in [3.05, 3.63) is 221 Å². The maximum atomic E-state index is 12.6. The van der Waals surface area contributed by atoms with Crippen LogP contribution in [-0.2, 0) is 35.5 Å². The first-order valence-electron chi connectivity index (χ1n) is 29.4. The van der Waals surface area contributed by atoms with E-state index in [4.69, 9.17) is 9.47 Å². The third kappa shape index (κ3) is 18.9. The lowest BCUT2D eigenvalue weighted by atomic mass is 9.97. The van der Waals surface area contributed by atoms with Crippen molar-refractivity contribution >= 4 is 57.5 Å². The topological polar surface area (TPSA) is 236 Å². The number of anilines is 1. The van der Waals surface area contributed by atoms with Crippen LogP contribution in [0, 0.1) is 5.41 Å². The number of imidazole rings is 2. The Morgan fingerprint density at radius 1 is 0.633 bits per heavy atom. The number of benzene rings is 4. The first-order chi connectivity index (χ1) is 42.4. The second kappa shape index (κ2) is 31.6. The van der Waals surface area contributed by atoms with Crippen LogP contribution in [0.2, 0.25) is 0 Å². The number of hydrogen-bond donors (Lipinski definition) is 2. The molecule has 0 spiro atoms. The molecule has 1 aliphatic rings. The van der Waals surface area contributed by atoms with Gasteiger partial charge in [0, 0.05) is 54.2 Å². The number of fused-ring (bicyclic) bond motifs is 2. The molecule has 0 atom stereocenters. The molecular weight excluding hydrogens is 1130 g/mol. The van der Waals surface area contributed by atoms with Gasteiger partial charge in [-0.05, 0) is 129 Å². The molecule has 0 aliphatic carbocycles. The predicted octanol–water partition coefficient (Wildman–Crippen LogP) is 13.5. The summed E-state index contributed by atoms with van der Waals surface area (Å²) in [6.45, 7) is 31.4. The van der Waals surface area contributed by atoms with Crippen LogP contribution in [0.25, 0.3) is 27.9 Å². The number of ether oxygens (including phenoxy) is 2. The van der Waals surface area contributed by atoms with Crippen molar-refractivity contribution in [1.82, 2.24) is 58.8 Å². The summed E-state index contributed by atoms with van der Waals surface area (Å²) in [6.07, 6.45) is 9.59. The van der Waals surface area contributed by atoms with Crippen molar-refractivity contribution in [2.75, 3.05) is 5.32 Å². The van der Waals surface area contributed by atoms with Crippen LogP contribution < -0.4 is 25.8 Å². The predicted molar refractivity (Wildman–Crippen MR) is 354 cm³/mol. The summed E-state index contributed by atoms with van der Waals surface area (Å²) in [6, 6.07) is 38.2. The van der Waals surface area contributed by atoms with Gasteiger partial charge in [-0.3, -0.25) is 29.2 Å². The smallest absolute Gasteiger partial charge is 0.348 e. The van der Waals surface area contributed by atoms with Crippen molar-refractivity contribution in [2.45, 2.75) is 141 Å². The van der Waals surface area contributed by atoms with E-state index in [2.05, 4.69) is 72.5 Å². The van der Waals surface area contributed by atoms with Gasteiger partial charge in [0.2, 0.25) is 17.7 Å². The minimum absolute atomic E-state index is 0. The molecule has 10 rings (SSSR count). The third-order valence-electron chi connectivity index (χ3n) is 13.8. The zero-order valence-electron chi connectivity index (χ0n) is 52.8. The average Bonchev–Trinajstić information content (AvgIpc) is 1.67. The number of nitrogens with zero attached hydrogens (tertiary/aromatic N) is 11. The van der Waals surface area contributed by atoms with Gasteiger partial charge in [-0.2, -0.15) is 15.0 Å². The SMILES string of the molecule is C.C=C(Cc1ccn(C(C)C)c(=O)n1)c1ccccc1.C=C1NC(=O)N(C(C)C)C=C1C.CC(C)n1cnc2c(CC(=O)c3ccccc3)ncnc21.CC(C)n1cnc2c(OCc3ccc(OC(=O)C(C)(C)C)cc3)nc(NC(=O)Cc3ccccc3)nc21. The highest BCUT2D eigenvalue weighted by Gasteiger charge is 2.25.